The van der Waals surface area contributed by atoms with E-state index in [2.05, 4.69) is 0 Å². The highest BCUT2D eigenvalue weighted by Gasteiger charge is 1.92. The normalized spacial score (nSPS) is 10.4. The molecule has 14 heavy (non-hydrogen) atoms. The minimum Gasteiger partial charge on any atom is -0.497 e. The summed E-state index contributed by atoms with van der Waals surface area (Å²) < 4.78 is 5.02. The fraction of sp³-hybridized carbons (Fsp3) is 0.250. The van der Waals surface area contributed by atoms with E-state index >= 15 is 0 Å². The van der Waals surface area contributed by atoms with Crippen LogP contribution in [-0.2, 0) is 4.79 Å². The van der Waals surface area contributed by atoms with Crippen molar-refractivity contribution in [2.45, 2.75) is 13.3 Å². The van der Waals surface area contributed by atoms with Gasteiger partial charge in [-0.25, -0.2) is 0 Å². The van der Waals surface area contributed by atoms with Gasteiger partial charge in [-0.2, -0.15) is 0 Å². The highest BCUT2D eigenvalue weighted by Crippen LogP contribution is 2.12. The maximum absolute atomic E-state index is 11.0. The Kier molecular flexibility index (Phi) is 3.92. The van der Waals surface area contributed by atoms with E-state index < -0.39 is 0 Å². The Bertz CT molecular complexity index is 323. The van der Waals surface area contributed by atoms with Gasteiger partial charge in [0.25, 0.3) is 0 Å². The molecule has 0 radical (unpaired) electrons. The second-order valence-corrected chi connectivity index (χ2v) is 2.93. The zero-order valence-electron chi connectivity index (χ0n) is 8.49. The lowest BCUT2D eigenvalue weighted by molar-refractivity contribution is -0.114. The topological polar surface area (TPSA) is 26.3 Å². The first-order valence-corrected chi connectivity index (χ1v) is 4.61. The van der Waals surface area contributed by atoms with Gasteiger partial charge in [0.05, 0.1) is 7.11 Å². The van der Waals surface area contributed by atoms with Gasteiger partial charge in [0.1, 0.15) is 5.75 Å². The lowest BCUT2D eigenvalue weighted by Crippen LogP contribution is -1.87. The molecule has 1 aromatic carbocycles. The molecule has 0 aromatic heterocycles. The number of methoxy groups -OCH3 is 1. The van der Waals surface area contributed by atoms with Gasteiger partial charge < -0.3 is 4.74 Å². The third kappa shape index (κ3) is 3.05. The van der Waals surface area contributed by atoms with Gasteiger partial charge in [-0.05, 0) is 23.8 Å². The Hall–Kier alpha value is -1.57. The predicted octanol–water partition coefficient (Wildman–Crippen LogP) is 2.69. The van der Waals surface area contributed by atoms with E-state index in [4.69, 9.17) is 4.74 Å². The van der Waals surface area contributed by atoms with Crippen LogP contribution in [0.5, 0.6) is 5.75 Å². The first kappa shape index (κ1) is 10.5. The van der Waals surface area contributed by atoms with E-state index in [9.17, 15) is 4.79 Å². The van der Waals surface area contributed by atoms with Crippen molar-refractivity contribution in [1.29, 1.82) is 0 Å². The summed E-state index contributed by atoms with van der Waals surface area (Å²) in [6, 6.07) is 7.57. The van der Waals surface area contributed by atoms with Crippen molar-refractivity contribution in [2.24, 2.45) is 0 Å². The molecule has 0 saturated heterocycles. The Morgan fingerprint density at radius 1 is 1.36 bits per heavy atom. The van der Waals surface area contributed by atoms with E-state index in [0.717, 1.165) is 11.3 Å². The molecule has 0 unspecified atom stereocenters. The summed E-state index contributed by atoms with van der Waals surface area (Å²) in [6.45, 7) is 1.85. The number of carbonyl (C=O) groups is 1. The molecular weight excluding hydrogens is 176 g/mol. The number of allylic oxidation sites excluding steroid dienone is 1. The molecule has 2 heteroatoms. The fourth-order valence-corrected chi connectivity index (χ4v) is 1.02. The molecule has 0 saturated carbocycles. The summed E-state index contributed by atoms with van der Waals surface area (Å²) in [5.41, 5.74) is 1.01. The van der Waals surface area contributed by atoms with Crippen LogP contribution in [-0.4, -0.2) is 12.9 Å². The van der Waals surface area contributed by atoms with Crippen LogP contribution in [0, 0.1) is 0 Å². The zero-order chi connectivity index (χ0) is 10.4. The molecule has 0 aliphatic carbocycles. The Morgan fingerprint density at radius 3 is 2.50 bits per heavy atom. The predicted molar refractivity (Wildman–Crippen MR) is 57.3 cm³/mol. The molecule has 1 aromatic rings. The third-order valence-electron chi connectivity index (χ3n) is 1.93. The maximum Gasteiger partial charge on any atom is 0.155 e. The van der Waals surface area contributed by atoms with E-state index in [-0.39, 0.29) is 5.78 Å². The van der Waals surface area contributed by atoms with Crippen LogP contribution in [0.2, 0.25) is 0 Å². The van der Waals surface area contributed by atoms with Gasteiger partial charge in [0, 0.05) is 6.42 Å². The largest absolute Gasteiger partial charge is 0.497 e. The van der Waals surface area contributed by atoms with Crippen molar-refractivity contribution in [3.63, 3.8) is 0 Å². The maximum atomic E-state index is 11.0. The molecule has 0 bridgehead atoms. The number of rotatable bonds is 4. The van der Waals surface area contributed by atoms with Crippen LogP contribution in [0.1, 0.15) is 18.9 Å². The highest BCUT2D eigenvalue weighted by atomic mass is 16.5. The van der Waals surface area contributed by atoms with Gasteiger partial charge >= 0.3 is 0 Å². The summed E-state index contributed by atoms with van der Waals surface area (Å²) in [4.78, 5) is 11.0. The van der Waals surface area contributed by atoms with Crippen molar-refractivity contribution >= 4 is 11.9 Å². The van der Waals surface area contributed by atoms with Crippen molar-refractivity contribution in [2.75, 3.05) is 7.11 Å². The molecule has 0 aliphatic heterocycles. The Balaban J connectivity index is 2.68. The van der Waals surface area contributed by atoms with Crippen LogP contribution in [0.25, 0.3) is 6.08 Å². The number of carbonyl (C=O) groups excluding carboxylic acids is 1. The summed E-state index contributed by atoms with van der Waals surface area (Å²) >= 11 is 0. The van der Waals surface area contributed by atoms with Gasteiger partial charge in [-0.1, -0.05) is 25.1 Å². The van der Waals surface area contributed by atoms with E-state index in [1.807, 2.05) is 37.3 Å². The molecule has 0 spiro atoms. The van der Waals surface area contributed by atoms with Crippen LogP contribution < -0.4 is 4.74 Å². The number of hydrogen-bond acceptors (Lipinski definition) is 2. The van der Waals surface area contributed by atoms with E-state index in [1.165, 1.54) is 0 Å². The quantitative estimate of drug-likeness (QED) is 0.682. The molecule has 2 nitrogen and oxygen atoms in total. The zero-order valence-corrected chi connectivity index (χ0v) is 8.49. The lowest BCUT2D eigenvalue weighted by Gasteiger charge is -1.98. The fourth-order valence-electron chi connectivity index (χ4n) is 1.02. The van der Waals surface area contributed by atoms with Crippen LogP contribution >= 0.6 is 0 Å². The molecular formula is C12H14O2. The minimum absolute atomic E-state index is 0.140. The summed E-state index contributed by atoms with van der Waals surface area (Å²) in [7, 11) is 1.63. The molecule has 74 valence electrons. The van der Waals surface area contributed by atoms with Crippen molar-refractivity contribution in [1.82, 2.24) is 0 Å². The smallest absolute Gasteiger partial charge is 0.155 e. The molecule has 0 aliphatic rings. The number of ether oxygens (including phenoxy) is 1. The molecule has 0 amide bonds. The Morgan fingerprint density at radius 2 is 2.00 bits per heavy atom. The number of benzene rings is 1. The first-order valence-electron chi connectivity index (χ1n) is 4.61. The monoisotopic (exact) mass is 190 g/mol. The van der Waals surface area contributed by atoms with Crippen LogP contribution in [0.4, 0.5) is 0 Å². The second kappa shape index (κ2) is 5.22. The van der Waals surface area contributed by atoms with Crippen molar-refractivity contribution in [3.8, 4) is 5.75 Å². The average molecular weight is 190 g/mol. The van der Waals surface area contributed by atoms with Crippen LogP contribution in [0.3, 0.4) is 0 Å². The van der Waals surface area contributed by atoms with Gasteiger partial charge in [-0.15, -0.1) is 0 Å². The molecule has 0 fully saturated rings. The summed E-state index contributed by atoms with van der Waals surface area (Å²) in [6.07, 6.45) is 3.96. The van der Waals surface area contributed by atoms with E-state index in [0.29, 0.717) is 6.42 Å². The molecule has 0 atom stereocenters. The van der Waals surface area contributed by atoms with Crippen molar-refractivity contribution < 1.29 is 9.53 Å². The minimum atomic E-state index is 0.140. The second-order valence-electron chi connectivity index (χ2n) is 2.93. The van der Waals surface area contributed by atoms with E-state index in [1.54, 1.807) is 13.2 Å². The number of hydrogen-bond donors (Lipinski definition) is 0. The summed E-state index contributed by atoms with van der Waals surface area (Å²) in [5.74, 6) is 0.963. The molecule has 1 rings (SSSR count). The van der Waals surface area contributed by atoms with Crippen LogP contribution in [0.15, 0.2) is 30.3 Å². The van der Waals surface area contributed by atoms with Gasteiger partial charge in [0.2, 0.25) is 0 Å². The SMILES string of the molecule is CCC(=O)/C=C/c1ccc(OC)cc1. The van der Waals surface area contributed by atoms with Crippen molar-refractivity contribution in [3.05, 3.63) is 35.9 Å². The summed E-state index contributed by atoms with van der Waals surface area (Å²) in [5, 5.41) is 0. The van der Waals surface area contributed by atoms with Gasteiger partial charge in [-0.3, -0.25) is 4.79 Å². The molecule has 0 heterocycles. The third-order valence-corrected chi connectivity index (χ3v) is 1.93. The highest BCUT2D eigenvalue weighted by molar-refractivity contribution is 5.93. The molecule has 0 N–H and O–H groups in total. The standard InChI is InChI=1S/C12H14O2/c1-3-11(13)7-4-10-5-8-12(14-2)9-6-10/h4-9H,3H2,1-2H3/b7-4+. The van der Waals surface area contributed by atoms with Gasteiger partial charge in [0.15, 0.2) is 5.78 Å². The first-order chi connectivity index (χ1) is 6.76. The lowest BCUT2D eigenvalue weighted by atomic mass is 10.2. The Labute approximate surface area is 84.2 Å². The average Bonchev–Trinajstić information content (AvgIpc) is 2.26. The number of ketones is 1.